The molecule has 2 aliphatic heterocycles. The van der Waals surface area contributed by atoms with E-state index < -0.39 is 0 Å². The highest BCUT2D eigenvalue weighted by Crippen LogP contribution is 2.46. The molecule has 2 aliphatic rings. The van der Waals surface area contributed by atoms with Crippen LogP contribution in [0, 0.1) is 5.82 Å². The summed E-state index contributed by atoms with van der Waals surface area (Å²) in [4.78, 5) is 4.95. The summed E-state index contributed by atoms with van der Waals surface area (Å²) in [6.45, 7) is 18.2. The second kappa shape index (κ2) is 13.2. The van der Waals surface area contributed by atoms with Gasteiger partial charge in [-0.1, -0.05) is 116 Å². The van der Waals surface area contributed by atoms with Crippen molar-refractivity contribution in [2.75, 3.05) is 9.80 Å². The Bertz CT molecular complexity index is 2130. The van der Waals surface area contributed by atoms with Crippen molar-refractivity contribution < 1.29 is 4.39 Å². The van der Waals surface area contributed by atoms with Gasteiger partial charge in [0.1, 0.15) is 5.82 Å². The highest BCUT2D eigenvalue weighted by Gasteiger charge is 2.44. The normalized spacial score (nSPS) is 13.3. The van der Waals surface area contributed by atoms with E-state index in [1.807, 2.05) is 12.1 Å². The number of hydrogen-bond donors (Lipinski definition) is 0. The molecule has 260 valence electrons. The third-order valence-corrected chi connectivity index (χ3v) is 11.3. The van der Waals surface area contributed by atoms with E-state index in [-0.39, 0.29) is 12.5 Å². The summed E-state index contributed by atoms with van der Waals surface area (Å²) in [5, 5.41) is 0. The van der Waals surface area contributed by atoms with Crippen molar-refractivity contribution in [2.45, 2.75) is 79.1 Å². The Morgan fingerprint density at radius 1 is 0.404 bits per heavy atom. The molecule has 0 atom stereocenters. The predicted octanol–water partition coefficient (Wildman–Crippen LogP) is 12.1. The van der Waals surface area contributed by atoms with Gasteiger partial charge in [0.25, 0.3) is 6.71 Å². The molecule has 0 bridgehead atoms. The Kier molecular flexibility index (Phi) is 8.61. The minimum absolute atomic E-state index is 0.0343. The largest absolute Gasteiger partial charge is 0.311 e. The molecule has 0 spiro atoms. The van der Waals surface area contributed by atoms with Crippen molar-refractivity contribution in [1.82, 2.24) is 0 Å². The Hall–Kier alpha value is -5.09. The van der Waals surface area contributed by atoms with Crippen LogP contribution in [0.1, 0.15) is 101 Å². The molecule has 2 heterocycles. The zero-order chi connectivity index (χ0) is 36.4. The van der Waals surface area contributed by atoms with Gasteiger partial charge in [-0.15, -0.1) is 0 Å². The van der Waals surface area contributed by atoms with Gasteiger partial charge < -0.3 is 9.80 Å². The van der Waals surface area contributed by atoms with Gasteiger partial charge in [-0.3, -0.25) is 0 Å². The van der Waals surface area contributed by atoms with Gasteiger partial charge in [-0.2, -0.15) is 0 Å². The second-order valence-electron chi connectivity index (χ2n) is 16.0. The SMILES string of the molecule is CC(C)c1ccc(N2c3ccc(C(C)C)cc3B3c4cc(C(C)C)ccc4N(c4ccc(C(C)C)cc4)c4cc(-c5ccc(F)cc5)cc2c43)cc1. The van der Waals surface area contributed by atoms with Gasteiger partial charge in [-0.25, -0.2) is 4.39 Å². The number of benzene rings is 6. The van der Waals surface area contributed by atoms with Crippen LogP contribution in [0.15, 0.2) is 121 Å². The Morgan fingerprint density at radius 3 is 1.17 bits per heavy atom. The number of halogens is 1. The summed E-state index contributed by atoms with van der Waals surface area (Å²) < 4.78 is 14.3. The molecule has 0 unspecified atom stereocenters. The van der Waals surface area contributed by atoms with Crippen molar-refractivity contribution in [2.24, 2.45) is 0 Å². The Balaban J connectivity index is 1.49. The van der Waals surface area contributed by atoms with Crippen LogP contribution in [0.2, 0.25) is 0 Å². The van der Waals surface area contributed by atoms with Crippen LogP contribution in [0.4, 0.5) is 38.5 Å². The van der Waals surface area contributed by atoms with E-state index in [4.69, 9.17) is 0 Å². The lowest BCUT2D eigenvalue weighted by Gasteiger charge is -2.45. The van der Waals surface area contributed by atoms with E-state index in [9.17, 15) is 4.39 Å². The highest BCUT2D eigenvalue weighted by molar-refractivity contribution is 7.00. The topological polar surface area (TPSA) is 6.48 Å². The summed E-state index contributed by atoms with van der Waals surface area (Å²) in [7, 11) is 0. The molecule has 0 aromatic heterocycles. The molecular weight excluding hydrogens is 634 g/mol. The average Bonchev–Trinajstić information content (AvgIpc) is 3.14. The standard InChI is InChI=1S/C48H48BFN2/c1-29(2)33-11-19-40(20-12-33)51-44-23-15-36(31(5)6)25-42(44)49-43-26-37(32(7)8)16-24-45(43)52(41-21-13-34(14-22-41)30(3)4)47-28-38(27-46(51)48(47)49)35-9-17-39(50)18-10-35/h9-32H,1-8H3. The maximum absolute atomic E-state index is 14.3. The molecule has 0 fully saturated rings. The van der Waals surface area contributed by atoms with Gasteiger partial charge >= 0.3 is 0 Å². The molecule has 0 saturated heterocycles. The molecule has 6 aromatic carbocycles. The van der Waals surface area contributed by atoms with Crippen molar-refractivity contribution in [1.29, 1.82) is 0 Å². The molecule has 2 nitrogen and oxygen atoms in total. The molecule has 6 aromatic rings. The molecular formula is C48H48BFN2. The van der Waals surface area contributed by atoms with Crippen LogP contribution >= 0.6 is 0 Å². The van der Waals surface area contributed by atoms with Crippen LogP contribution in [0.3, 0.4) is 0 Å². The maximum Gasteiger partial charge on any atom is 0.252 e. The van der Waals surface area contributed by atoms with E-state index in [0.29, 0.717) is 23.7 Å². The summed E-state index contributed by atoms with van der Waals surface area (Å²) in [6.07, 6.45) is 0. The van der Waals surface area contributed by atoms with E-state index in [1.54, 1.807) is 12.1 Å². The quantitative estimate of drug-likeness (QED) is 0.154. The number of anilines is 6. The molecule has 0 radical (unpaired) electrons. The number of rotatable bonds is 7. The van der Waals surface area contributed by atoms with Crippen LogP contribution in [0.25, 0.3) is 11.1 Å². The van der Waals surface area contributed by atoms with E-state index in [0.717, 1.165) is 33.9 Å². The van der Waals surface area contributed by atoms with Gasteiger partial charge in [0.15, 0.2) is 0 Å². The number of fused-ring (bicyclic) bond motifs is 4. The first-order valence-corrected chi connectivity index (χ1v) is 19.0. The van der Waals surface area contributed by atoms with Gasteiger partial charge in [0.2, 0.25) is 0 Å². The first kappa shape index (κ1) is 34.0. The average molecular weight is 683 g/mol. The molecule has 8 rings (SSSR count). The minimum atomic E-state index is -0.230. The summed E-state index contributed by atoms with van der Waals surface area (Å²) in [5.41, 5.74) is 18.3. The van der Waals surface area contributed by atoms with Crippen molar-refractivity contribution in [3.8, 4) is 11.1 Å². The third kappa shape index (κ3) is 5.73. The highest BCUT2D eigenvalue weighted by atomic mass is 19.1. The summed E-state index contributed by atoms with van der Waals surface area (Å²) in [5.74, 6) is 1.44. The van der Waals surface area contributed by atoms with Gasteiger partial charge in [0.05, 0.1) is 0 Å². The first-order chi connectivity index (χ1) is 25.0. The van der Waals surface area contributed by atoms with E-state index in [2.05, 4.69) is 162 Å². The second-order valence-corrected chi connectivity index (χ2v) is 16.0. The fourth-order valence-electron chi connectivity index (χ4n) is 8.14. The molecule has 0 aliphatic carbocycles. The van der Waals surface area contributed by atoms with Crippen molar-refractivity contribution in [3.63, 3.8) is 0 Å². The molecule has 0 saturated carbocycles. The summed E-state index contributed by atoms with van der Waals surface area (Å²) in [6, 6.07) is 44.1. The molecule has 52 heavy (non-hydrogen) atoms. The fraction of sp³-hybridized carbons (Fsp3) is 0.250. The van der Waals surface area contributed by atoms with Crippen LogP contribution in [0.5, 0.6) is 0 Å². The Labute approximate surface area is 310 Å². The number of hydrogen-bond acceptors (Lipinski definition) is 2. The minimum Gasteiger partial charge on any atom is -0.311 e. The Morgan fingerprint density at radius 2 is 0.788 bits per heavy atom. The van der Waals surface area contributed by atoms with Crippen LogP contribution < -0.4 is 26.2 Å². The number of nitrogens with zero attached hydrogens (tertiary/aromatic N) is 2. The lowest BCUT2D eigenvalue weighted by molar-refractivity contribution is 0.628. The summed E-state index contributed by atoms with van der Waals surface area (Å²) >= 11 is 0. The maximum atomic E-state index is 14.3. The van der Waals surface area contributed by atoms with Crippen LogP contribution in [-0.2, 0) is 0 Å². The van der Waals surface area contributed by atoms with E-state index >= 15 is 0 Å². The first-order valence-electron chi connectivity index (χ1n) is 19.0. The molecule has 4 heteroatoms. The molecule has 0 amide bonds. The fourth-order valence-corrected chi connectivity index (χ4v) is 8.14. The van der Waals surface area contributed by atoms with Gasteiger partial charge in [0, 0.05) is 34.1 Å². The lowest BCUT2D eigenvalue weighted by Crippen LogP contribution is -2.61. The lowest BCUT2D eigenvalue weighted by atomic mass is 9.33. The molecule has 0 N–H and O–H groups in total. The zero-order valence-electron chi connectivity index (χ0n) is 31.7. The monoisotopic (exact) mass is 682 g/mol. The smallest absolute Gasteiger partial charge is 0.252 e. The third-order valence-electron chi connectivity index (χ3n) is 11.3. The van der Waals surface area contributed by atoms with Crippen molar-refractivity contribution in [3.05, 3.63) is 149 Å². The van der Waals surface area contributed by atoms with Gasteiger partial charge in [-0.05, 0) is 134 Å². The van der Waals surface area contributed by atoms with Crippen LogP contribution in [-0.4, -0.2) is 6.71 Å². The predicted molar refractivity (Wildman–Crippen MR) is 222 cm³/mol. The zero-order valence-corrected chi connectivity index (χ0v) is 31.7. The van der Waals surface area contributed by atoms with E-state index in [1.165, 1.54) is 50.0 Å². The van der Waals surface area contributed by atoms with Crippen molar-refractivity contribution >= 4 is 57.2 Å².